The van der Waals surface area contributed by atoms with Gasteiger partial charge in [-0.1, -0.05) is 30.3 Å². The van der Waals surface area contributed by atoms with Crippen LogP contribution in [-0.2, 0) is 0 Å². The maximum atomic E-state index is 15.4. The molecule has 2 aliphatic rings. The third-order valence-electron chi connectivity index (χ3n) is 8.56. The Hall–Kier alpha value is -6.44. The van der Waals surface area contributed by atoms with Gasteiger partial charge in [0, 0.05) is 38.8 Å². The summed E-state index contributed by atoms with van der Waals surface area (Å²) in [4.78, 5) is 14.7. The number of H-pyrrole nitrogens is 2. The zero-order valence-electron chi connectivity index (χ0n) is 25.8. The van der Waals surface area contributed by atoms with Gasteiger partial charge in [-0.05, 0) is 60.2 Å². The van der Waals surface area contributed by atoms with Crippen LogP contribution >= 0.6 is 0 Å². The van der Waals surface area contributed by atoms with Crippen molar-refractivity contribution in [2.75, 3.05) is 0 Å². The summed E-state index contributed by atoms with van der Waals surface area (Å²) in [5, 5.41) is 0. The van der Waals surface area contributed by atoms with Crippen molar-refractivity contribution in [3.8, 4) is 33.4 Å². The monoisotopic (exact) mass is 718 g/mol. The van der Waals surface area contributed by atoms with E-state index in [1.807, 2.05) is 0 Å². The Labute approximate surface area is 285 Å². The van der Waals surface area contributed by atoms with Crippen molar-refractivity contribution in [3.05, 3.63) is 142 Å². The third kappa shape index (κ3) is 5.00. The third-order valence-corrected chi connectivity index (χ3v) is 8.56. The van der Waals surface area contributed by atoms with E-state index in [-0.39, 0.29) is 50.4 Å². The highest BCUT2D eigenvalue weighted by Crippen LogP contribution is 2.40. The summed E-state index contributed by atoms with van der Waals surface area (Å²) < 4.78 is 148. The van der Waals surface area contributed by atoms with Crippen LogP contribution < -0.4 is 0 Å². The summed E-state index contributed by atoms with van der Waals surface area (Å²) in [6.07, 6.45) is 5.36. The van der Waals surface area contributed by atoms with Gasteiger partial charge < -0.3 is 9.97 Å². The molecule has 3 aromatic carbocycles. The second-order valence-corrected chi connectivity index (χ2v) is 11.6. The quantitative estimate of drug-likeness (QED) is 0.109. The maximum absolute atomic E-state index is 15.4. The summed E-state index contributed by atoms with van der Waals surface area (Å²) in [5.74, 6) is -21.7. The van der Waals surface area contributed by atoms with Crippen LogP contribution in [0.25, 0.3) is 79.8 Å². The van der Waals surface area contributed by atoms with E-state index in [0.29, 0.717) is 5.56 Å². The van der Waals surface area contributed by atoms with E-state index in [1.54, 1.807) is 30.3 Å². The van der Waals surface area contributed by atoms with E-state index in [0.717, 1.165) is 0 Å². The number of halogens is 10. The van der Waals surface area contributed by atoms with Crippen molar-refractivity contribution in [1.82, 2.24) is 19.9 Å². The Kier molecular flexibility index (Phi) is 7.63. The van der Waals surface area contributed by atoms with Crippen LogP contribution in [0.3, 0.4) is 0 Å². The molecule has 0 spiro atoms. The molecule has 52 heavy (non-hydrogen) atoms. The van der Waals surface area contributed by atoms with Crippen LogP contribution in [-0.4, -0.2) is 19.9 Å². The van der Waals surface area contributed by atoms with Crippen LogP contribution in [0.1, 0.15) is 22.8 Å². The maximum Gasteiger partial charge on any atom is 0.200 e. The Morgan fingerprint density at radius 1 is 0.365 bits per heavy atom. The van der Waals surface area contributed by atoms with Gasteiger partial charge in [0.1, 0.15) is 0 Å². The van der Waals surface area contributed by atoms with Gasteiger partial charge >= 0.3 is 0 Å². The molecule has 8 bridgehead atoms. The summed E-state index contributed by atoms with van der Waals surface area (Å²) >= 11 is 0. The molecule has 258 valence electrons. The average molecular weight is 719 g/mol. The molecule has 0 amide bonds. The number of rotatable bonds is 3. The molecule has 4 nitrogen and oxygen atoms in total. The van der Waals surface area contributed by atoms with E-state index in [9.17, 15) is 26.3 Å². The number of nitrogens with one attached hydrogen (secondary N) is 2. The Balaban J connectivity index is 1.57. The highest BCUT2D eigenvalue weighted by molar-refractivity contribution is 5.97. The number of hydrogen-bond donors (Lipinski definition) is 2. The lowest BCUT2D eigenvalue weighted by molar-refractivity contribution is 0.381. The second-order valence-electron chi connectivity index (χ2n) is 11.6. The molecule has 8 rings (SSSR count). The largest absolute Gasteiger partial charge is 0.355 e. The molecule has 0 saturated heterocycles. The van der Waals surface area contributed by atoms with Crippen molar-refractivity contribution in [2.45, 2.75) is 0 Å². The number of benzene rings is 3. The molecular formula is C38H16F10N4. The van der Waals surface area contributed by atoms with Crippen molar-refractivity contribution >= 4 is 46.4 Å². The van der Waals surface area contributed by atoms with Crippen molar-refractivity contribution in [1.29, 1.82) is 0 Å². The molecule has 0 saturated carbocycles. The summed E-state index contributed by atoms with van der Waals surface area (Å²) in [5.41, 5.74) is -2.75. The summed E-state index contributed by atoms with van der Waals surface area (Å²) in [7, 11) is 0. The molecule has 5 heterocycles. The minimum atomic E-state index is -2.34. The lowest BCUT2D eigenvalue weighted by atomic mass is 10.0. The second kappa shape index (κ2) is 12.1. The fraction of sp³-hybridized carbons (Fsp3) is 0. The Bertz CT molecular complexity index is 2620. The van der Waals surface area contributed by atoms with Crippen molar-refractivity contribution in [3.63, 3.8) is 0 Å². The van der Waals surface area contributed by atoms with E-state index < -0.39 is 80.4 Å². The number of hydrogen-bond acceptors (Lipinski definition) is 2. The van der Waals surface area contributed by atoms with Gasteiger partial charge in [0.05, 0.1) is 33.9 Å². The van der Waals surface area contributed by atoms with E-state index in [1.165, 1.54) is 54.6 Å². The molecule has 2 N–H and O–H groups in total. The molecule has 0 fully saturated rings. The fourth-order valence-corrected chi connectivity index (χ4v) is 6.22. The van der Waals surface area contributed by atoms with Crippen LogP contribution in [0, 0.1) is 58.2 Å². The zero-order valence-corrected chi connectivity index (χ0v) is 25.8. The number of aromatic amines is 2. The number of aromatic nitrogens is 4. The van der Waals surface area contributed by atoms with Crippen LogP contribution in [0.15, 0.2) is 60.7 Å². The molecular weight excluding hydrogens is 702 g/mol. The average Bonchev–Trinajstić information content (AvgIpc) is 3.98. The smallest absolute Gasteiger partial charge is 0.200 e. The lowest BCUT2D eigenvalue weighted by Crippen LogP contribution is -2.05. The molecule has 14 heteroatoms. The van der Waals surface area contributed by atoms with Gasteiger partial charge in [0.15, 0.2) is 46.5 Å². The van der Waals surface area contributed by atoms with Gasteiger partial charge in [-0.25, -0.2) is 53.9 Å². The predicted molar refractivity (Wildman–Crippen MR) is 175 cm³/mol. The molecule has 0 radical (unpaired) electrons. The molecule has 2 aliphatic heterocycles. The van der Waals surface area contributed by atoms with E-state index in [4.69, 9.17) is 0 Å². The first-order valence-corrected chi connectivity index (χ1v) is 15.2. The van der Waals surface area contributed by atoms with Crippen molar-refractivity contribution in [2.24, 2.45) is 0 Å². The summed E-state index contributed by atoms with van der Waals surface area (Å²) in [6, 6.07) is 15.2. The predicted octanol–water partition coefficient (Wildman–Crippen LogP) is 11.0. The highest BCUT2D eigenvalue weighted by atomic mass is 19.2. The minimum absolute atomic E-state index is 0.0895. The van der Waals surface area contributed by atoms with Gasteiger partial charge in [-0.2, -0.15) is 0 Å². The molecule has 0 unspecified atom stereocenters. The van der Waals surface area contributed by atoms with Gasteiger partial charge in [0.25, 0.3) is 0 Å². The van der Waals surface area contributed by atoms with Gasteiger partial charge in [-0.3, -0.25) is 0 Å². The number of nitrogens with zero attached hydrogens (tertiary/aromatic N) is 2. The Morgan fingerprint density at radius 3 is 1.35 bits per heavy atom. The molecule has 0 atom stereocenters. The fourth-order valence-electron chi connectivity index (χ4n) is 6.22. The minimum Gasteiger partial charge on any atom is -0.355 e. The molecule has 6 aromatic rings. The van der Waals surface area contributed by atoms with Crippen LogP contribution in [0.2, 0.25) is 0 Å². The van der Waals surface area contributed by atoms with E-state index in [2.05, 4.69) is 19.9 Å². The normalized spacial score (nSPS) is 12.3. The van der Waals surface area contributed by atoms with E-state index >= 15 is 17.6 Å². The topological polar surface area (TPSA) is 57.4 Å². The SMILES string of the molecule is Fc1c(F)c(F)c(-c2c3nc(c(-c4ccccc4)c4ccc([nH]4)c(-c4c(F)c(F)c(F)c(F)c4F)c4nc(cc5ccc2[nH]5)C=C4)C=C3)c(F)c1F. The van der Waals surface area contributed by atoms with Crippen LogP contribution in [0.4, 0.5) is 43.9 Å². The van der Waals surface area contributed by atoms with Gasteiger partial charge in [-0.15, -0.1) is 0 Å². The molecule has 3 aromatic heterocycles. The first kappa shape index (κ1) is 32.7. The standard InChI is InChI=1S/C38H16F10N4/c39-29-27(30(40)34(44)37(47)33(29)43)25-20-8-6-16(49-20)14-17-7-9-21(50-17)26(28-31(41)35(45)38(48)36(46)32(28)42)23-13-11-19(52-23)24(15-4-2-1-3-5-15)18-10-12-22(25)51-18/h1-14,49,52H. The van der Waals surface area contributed by atoms with Crippen molar-refractivity contribution < 1.29 is 43.9 Å². The molecule has 0 aliphatic carbocycles. The zero-order chi connectivity index (χ0) is 36.6. The lowest BCUT2D eigenvalue weighted by Gasteiger charge is -2.10. The highest BCUT2D eigenvalue weighted by Gasteiger charge is 2.31. The number of fused-ring (bicyclic) bond motifs is 8. The van der Waals surface area contributed by atoms with Gasteiger partial charge in [0.2, 0.25) is 11.6 Å². The summed E-state index contributed by atoms with van der Waals surface area (Å²) in [6.45, 7) is 0. The first-order valence-electron chi connectivity index (χ1n) is 15.2. The van der Waals surface area contributed by atoms with Crippen LogP contribution in [0.5, 0.6) is 0 Å². The first-order chi connectivity index (χ1) is 24.9. The Morgan fingerprint density at radius 2 is 0.788 bits per heavy atom.